The zero-order chi connectivity index (χ0) is 19.9. The Morgan fingerprint density at radius 2 is 1.86 bits per heavy atom. The van der Waals surface area contributed by atoms with Crippen molar-refractivity contribution in [3.63, 3.8) is 0 Å². The first-order valence-corrected chi connectivity index (χ1v) is 8.81. The second kappa shape index (κ2) is 9.12. The van der Waals surface area contributed by atoms with Crippen molar-refractivity contribution in [2.75, 3.05) is 18.1 Å². The molecule has 0 saturated carbocycles. The molecule has 0 radical (unpaired) electrons. The van der Waals surface area contributed by atoms with Crippen LogP contribution in [0.15, 0.2) is 54.6 Å². The highest BCUT2D eigenvalue weighted by Gasteiger charge is 2.22. The standard InChI is InChI=1S/C21H19F2NO4/c22-21(23)28-17-10-7-15(8-11-17)9-12-20(26)27-14-19(25)24-13-3-5-16-4-1-2-6-18(16)24/h1-2,4,6-12,21H,3,5,13-14H2/b12-9+. The number of rotatable bonds is 6. The van der Waals surface area contributed by atoms with Crippen LogP contribution in [-0.2, 0) is 20.7 Å². The number of fused-ring (bicyclic) bond motifs is 1. The van der Waals surface area contributed by atoms with E-state index in [9.17, 15) is 18.4 Å². The first-order chi connectivity index (χ1) is 13.5. The van der Waals surface area contributed by atoms with Gasteiger partial charge in [0.15, 0.2) is 6.61 Å². The smallest absolute Gasteiger partial charge is 0.387 e. The van der Waals surface area contributed by atoms with Crippen LogP contribution in [0.3, 0.4) is 0 Å². The third-order valence-corrected chi connectivity index (χ3v) is 4.27. The third kappa shape index (κ3) is 5.16. The number of halogens is 2. The maximum Gasteiger partial charge on any atom is 0.387 e. The molecule has 28 heavy (non-hydrogen) atoms. The molecule has 0 aromatic heterocycles. The summed E-state index contributed by atoms with van der Waals surface area (Å²) >= 11 is 0. The fourth-order valence-corrected chi connectivity index (χ4v) is 2.98. The molecule has 0 unspecified atom stereocenters. The maximum atomic E-state index is 12.4. The molecule has 0 aliphatic carbocycles. The van der Waals surface area contributed by atoms with Crippen LogP contribution in [0.2, 0.25) is 0 Å². The van der Waals surface area contributed by atoms with Gasteiger partial charge in [0.2, 0.25) is 0 Å². The van der Waals surface area contributed by atoms with Crippen LogP contribution in [0.5, 0.6) is 5.75 Å². The Hall–Kier alpha value is -3.22. The number of carbonyl (C=O) groups excluding carboxylic acids is 2. The zero-order valence-electron chi connectivity index (χ0n) is 15.0. The number of hydrogen-bond acceptors (Lipinski definition) is 4. The van der Waals surface area contributed by atoms with Crippen LogP contribution in [0, 0.1) is 0 Å². The van der Waals surface area contributed by atoms with Gasteiger partial charge in [-0.15, -0.1) is 0 Å². The number of alkyl halides is 2. The summed E-state index contributed by atoms with van der Waals surface area (Å²) in [6, 6.07) is 13.5. The summed E-state index contributed by atoms with van der Waals surface area (Å²) in [5.74, 6) is -0.906. The van der Waals surface area contributed by atoms with Crippen LogP contribution in [-0.4, -0.2) is 31.6 Å². The highest BCUT2D eigenvalue weighted by atomic mass is 19.3. The van der Waals surface area contributed by atoms with Crippen LogP contribution >= 0.6 is 0 Å². The van der Waals surface area contributed by atoms with Gasteiger partial charge in [0.1, 0.15) is 5.75 Å². The van der Waals surface area contributed by atoms with E-state index in [4.69, 9.17) is 4.74 Å². The summed E-state index contributed by atoms with van der Waals surface area (Å²) in [4.78, 5) is 25.9. The summed E-state index contributed by atoms with van der Waals surface area (Å²) in [5.41, 5.74) is 2.57. The van der Waals surface area contributed by atoms with Gasteiger partial charge in [-0.2, -0.15) is 8.78 Å². The normalized spacial score (nSPS) is 13.5. The number of ether oxygens (including phenoxy) is 2. The number of benzene rings is 2. The summed E-state index contributed by atoms with van der Waals surface area (Å²) in [7, 11) is 0. The molecule has 2 aromatic rings. The van der Waals surface area contributed by atoms with Crippen molar-refractivity contribution in [3.05, 3.63) is 65.7 Å². The Bertz CT molecular complexity index is 865. The zero-order valence-corrected chi connectivity index (χ0v) is 15.0. The highest BCUT2D eigenvalue weighted by molar-refractivity contribution is 5.97. The van der Waals surface area contributed by atoms with Crippen LogP contribution in [0.1, 0.15) is 17.5 Å². The van der Waals surface area contributed by atoms with Gasteiger partial charge in [0, 0.05) is 18.3 Å². The molecule has 1 heterocycles. The monoisotopic (exact) mass is 387 g/mol. The molecule has 0 atom stereocenters. The van der Waals surface area contributed by atoms with Crippen molar-refractivity contribution in [3.8, 4) is 5.75 Å². The molecule has 0 N–H and O–H groups in total. The SMILES string of the molecule is O=C(/C=C/c1ccc(OC(F)F)cc1)OCC(=O)N1CCCc2ccccc21. The minimum absolute atomic E-state index is 0.0298. The van der Waals surface area contributed by atoms with Gasteiger partial charge in [-0.25, -0.2) is 4.79 Å². The number of amides is 1. The molecule has 2 aromatic carbocycles. The Morgan fingerprint density at radius 3 is 2.61 bits per heavy atom. The van der Waals surface area contributed by atoms with E-state index in [-0.39, 0.29) is 18.3 Å². The van der Waals surface area contributed by atoms with E-state index in [0.717, 1.165) is 24.1 Å². The van der Waals surface area contributed by atoms with E-state index < -0.39 is 12.6 Å². The van der Waals surface area contributed by atoms with E-state index in [1.54, 1.807) is 4.90 Å². The molecule has 0 spiro atoms. The van der Waals surface area contributed by atoms with Crippen LogP contribution in [0.4, 0.5) is 14.5 Å². The van der Waals surface area contributed by atoms with Crippen LogP contribution in [0.25, 0.3) is 6.08 Å². The second-order valence-electron chi connectivity index (χ2n) is 6.17. The number of hydrogen-bond donors (Lipinski definition) is 0. The summed E-state index contributed by atoms with van der Waals surface area (Å²) in [5, 5.41) is 0. The van der Waals surface area contributed by atoms with Gasteiger partial charge < -0.3 is 14.4 Å². The fourth-order valence-electron chi connectivity index (χ4n) is 2.98. The number of para-hydroxylation sites is 1. The Balaban J connectivity index is 1.52. The third-order valence-electron chi connectivity index (χ3n) is 4.27. The molecule has 146 valence electrons. The average molecular weight is 387 g/mol. The molecule has 0 bridgehead atoms. The summed E-state index contributed by atoms with van der Waals surface area (Å²) in [6.45, 7) is -2.64. The maximum absolute atomic E-state index is 12.4. The largest absolute Gasteiger partial charge is 0.452 e. The van der Waals surface area contributed by atoms with Gasteiger partial charge in [0.05, 0.1) is 0 Å². The van der Waals surface area contributed by atoms with Gasteiger partial charge in [-0.3, -0.25) is 4.79 Å². The number of carbonyl (C=O) groups is 2. The molecule has 0 fully saturated rings. The Kier molecular flexibility index (Phi) is 6.37. The Labute approximate surface area is 161 Å². The minimum atomic E-state index is -2.89. The van der Waals surface area contributed by atoms with E-state index in [0.29, 0.717) is 12.1 Å². The molecule has 1 aliphatic heterocycles. The lowest BCUT2D eigenvalue weighted by Gasteiger charge is -2.29. The van der Waals surface area contributed by atoms with Crippen molar-refractivity contribution in [1.29, 1.82) is 0 Å². The number of aryl methyl sites for hydroxylation is 1. The lowest BCUT2D eigenvalue weighted by Crippen LogP contribution is -2.38. The van der Waals surface area contributed by atoms with Crippen molar-refractivity contribution in [2.24, 2.45) is 0 Å². The van der Waals surface area contributed by atoms with Gasteiger partial charge >= 0.3 is 12.6 Å². The van der Waals surface area contributed by atoms with Crippen molar-refractivity contribution in [2.45, 2.75) is 19.5 Å². The lowest BCUT2D eigenvalue weighted by atomic mass is 10.0. The quantitative estimate of drug-likeness (QED) is 0.559. The number of anilines is 1. The fraction of sp³-hybridized carbons (Fsp3) is 0.238. The second-order valence-corrected chi connectivity index (χ2v) is 6.17. The number of nitrogens with zero attached hydrogens (tertiary/aromatic N) is 1. The summed E-state index contributed by atoms with van der Waals surface area (Å²) < 4.78 is 33.5. The predicted molar refractivity (Wildman–Crippen MR) is 100 cm³/mol. The molecule has 5 nitrogen and oxygen atoms in total. The first-order valence-electron chi connectivity index (χ1n) is 8.81. The molecule has 7 heteroatoms. The van der Waals surface area contributed by atoms with E-state index in [1.165, 1.54) is 36.4 Å². The summed E-state index contributed by atoms with van der Waals surface area (Å²) in [6.07, 6.45) is 4.43. The lowest BCUT2D eigenvalue weighted by molar-refractivity contribution is -0.142. The van der Waals surface area contributed by atoms with E-state index in [1.807, 2.05) is 24.3 Å². The average Bonchev–Trinajstić information content (AvgIpc) is 2.70. The first kappa shape index (κ1) is 19.5. The van der Waals surface area contributed by atoms with E-state index in [2.05, 4.69) is 4.74 Å². The van der Waals surface area contributed by atoms with E-state index >= 15 is 0 Å². The van der Waals surface area contributed by atoms with Gasteiger partial charge in [0.25, 0.3) is 5.91 Å². The highest BCUT2D eigenvalue weighted by Crippen LogP contribution is 2.26. The van der Waals surface area contributed by atoms with Crippen molar-refractivity contribution >= 4 is 23.6 Å². The topological polar surface area (TPSA) is 55.8 Å². The van der Waals surface area contributed by atoms with Gasteiger partial charge in [-0.1, -0.05) is 30.3 Å². The Morgan fingerprint density at radius 1 is 1.11 bits per heavy atom. The van der Waals surface area contributed by atoms with Crippen molar-refractivity contribution < 1.29 is 27.8 Å². The molecule has 1 amide bonds. The molecule has 0 saturated heterocycles. The van der Waals surface area contributed by atoms with Gasteiger partial charge in [-0.05, 0) is 48.2 Å². The minimum Gasteiger partial charge on any atom is -0.452 e. The molecular formula is C21H19F2NO4. The van der Waals surface area contributed by atoms with Crippen molar-refractivity contribution in [1.82, 2.24) is 0 Å². The molecule has 1 aliphatic rings. The number of esters is 1. The molecular weight excluding hydrogens is 368 g/mol. The predicted octanol–water partition coefficient (Wildman–Crippen LogP) is 3.82. The van der Waals surface area contributed by atoms with Crippen LogP contribution < -0.4 is 9.64 Å². The molecule has 3 rings (SSSR count).